The molecule has 9 heteroatoms. The van der Waals surface area contributed by atoms with Gasteiger partial charge >= 0.3 is 17.9 Å². The van der Waals surface area contributed by atoms with Crippen LogP contribution >= 0.6 is 0 Å². The number of hydrogen-bond acceptors (Lipinski definition) is 8. The minimum atomic E-state index is -0.935. The van der Waals surface area contributed by atoms with E-state index in [0.29, 0.717) is 13.0 Å². The molecular formula is C17H25N3O6. The fraction of sp³-hybridized carbons (Fsp3) is 0.706. The van der Waals surface area contributed by atoms with Gasteiger partial charge in [-0.3, -0.25) is 19.1 Å². The zero-order valence-corrected chi connectivity index (χ0v) is 15.5. The highest BCUT2D eigenvalue weighted by Crippen LogP contribution is 2.25. The molecule has 0 amide bonds. The molecule has 9 nitrogen and oxygen atoms in total. The van der Waals surface area contributed by atoms with Gasteiger partial charge in [-0.15, -0.1) is 5.10 Å². The molecule has 0 spiro atoms. The van der Waals surface area contributed by atoms with Crippen LogP contribution in [0.5, 0.6) is 0 Å². The van der Waals surface area contributed by atoms with Crippen molar-refractivity contribution in [1.29, 1.82) is 0 Å². The fourth-order valence-corrected chi connectivity index (χ4v) is 2.56. The summed E-state index contributed by atoms with van der Waals surface area (Å²) in [5.41, 5.74) is 0. The second kappa shape index (κ2) is 8.77. The number of hydrogen-bond donors (Lipinski definition) is 0. The van der Waals surface area contributed by atoms with Crippen molar-refractivity contribution in [1.82, 2.24) is 15.0 Å². The van der Waals surface area contributed by atoms with E-state index in [1.807, 2.05) is 0 Å². The van der Waals surface area contributed by atoms with Gasteiger partial charge in [-0.1, -0.05) is 19.1 Å². The number of rotatable bonds is 5. The SMILES string of the molecule is CC(C)C(=O)O[C@H]1[C@H](C)OC(=O)[C@@H](C)COC(=O)[C@@H]1CCn1ccnn1. The third-order valence-corrected chi connectivity index (χ3v) is 4.21. The van der Waals surface area contributed by atoms with E-state index in [1.165, 1.54) is 6.20 Å². The number of aryl methyl sites for hydroxylation is 1. The molecule has 1 saturated heterocycles. The van der Waals surface area contributed by atoms with E-state index in [9.17, 15) is 14.4 Å². The van der Waals surface area contributed by atoms with Crippen molar-refractivity contribution in [2.24, 2.45) is 17.8 Å². The molecule has 1 aromatic rings. The highest BCUT2D eigenvalue weighted by atomic mass is 16.6. The second-order valence-electron chi connectivity index (χ2n) is 6.79. The van der Waals surface area contributed by atoms with Crippen LogP contribution in [0.3, 0.4) is 0 Å². The summed E-state index contributed by atoms with van der Waals surface area (Å²) in [4.78, 5) is 36.8. The Kier molecular flexibility index (Phi) is 6.70. The molecule has 0 radical (unpaired) electrons. The number of nitrogens with zero attached hydrogens (tertiary/aromatic N) is 3. The average molecular weight is 367 g/mol. The summed E-state index contributed by atoms with van der Waals surface area (Å²) >= 11 is 0. The summed E-state index contributed by atoms with van der Waals surface area (Å²) in [6, 6.07) is 0. The highest BCUT2D eigenvalue weighted by molar-refractivity contribution is 5.77. The lowest BCUT2D eigenvalue weighted by atomic mass is 9.94. The van der Waals surface area contributed by atoms with Gasteiger partial charge in [0.15, 0.2) is 6.10 Å². The molecule has 1 fully saturated rings. The number of cyclic esters (lactones) is 2. The predicted molar refractivity (Wildman–Crippen MR) is 88.5 cm³/mol. The molecule has 0 saturated carbocycles. The van der Waals surface area contributed by atoms with Gasteiger partial charge in [0, 0.05) is 12.7 Å². The van der Waals surface area contributed by atoms with Crippen molar-refractivity contribution < 1.29 is 28.6 Å². The number of esters is 3. The minimum absolute atomic E-state index is 0.0743. The van der Waals surface area contributed by atoms with Crippen LogP contribution in [0.15, 0.2) is 12.4 Å². The van der Waals surface area contributed by atoms with E-state index in [-0.39, 0.29) is 12.5 Å². The first kappa shape index (κ1) is 19.9. The monoisotopic (exact) mass is 367 g/mol. The van der Waals surface area contributed by atoms with Gasteiger partial charge in [-0.2, -0.15) is 0 Å². The van der Waals surface area contributed by atoms with Gasteiger partial charge in [0.2, 0.25) is 0 Å². The molecule has 0 aromatic carbocycles. The molecular weight excluding hydrogens is 342 g/mol. The van der Waals surface area contributed by atoms with Crippen LogP contribution in [0.4, 0.5) is 0 Å². The van der Waals surface area contributed by atoms with Crippen molar-refractivity contribution in [3.63, 3.8) is 0 Å². The first-order chi connectivity index (χ1) is 12.3. The Hall–Kier alpha value is -2.45. The van der Waals surface area contributed by atoms with Crippen LogP contribution in [0.25, 0.3) is 0 Å². The van der Waals surface area contributed by atoms with Crippen molar-refractivity contribution in [3.8, 4) is 0 Å². The molecule has 144 valence electrons. The summed E-state index contributed by atoms with van der Waals surface area (Å²) in [5, 5.41) is 7.59. The maximum atomic E-state index is 12.6. The van der Waals surface area contributed by atoms with E-state index in [4.69, 9.17) is 14.2 Å². The largest absolute Gasteiger partial charge is 0.464 e. The van der Waals surface area contributed by atoms with E-state index in [0.717, 1.165) is 0 Å². The van der Waals surface area contributed by atoms with Crippen LogP contribution in [0.1, 0.15) is 34.1 Å². The average Bonchev–Trinajstić information content (AvgIpc) is 3.11. The Balaban J connectivity index is 2.25. The Morgan fingerprint density at radius 1 is 1.35 bits per heavy atom. The van der Waals surface area contributed by atoms with Crippen molar-refractivity contribution in [3.05, 3.63) is 12.4 Å². The molecule has 0 N–H and O–H groups in total. The Morgan fingerprint density at radius 2 is 2.08 bits per heavy atom. The highest BCUT2D eigenvalue weighted by Gasteiger charge is 2.40. The van der Waals surface area contributed by atoms with Crippen molar-refractivity contribution >= 4 is 17.9 Å². The summed E-state index contributed by atoms with van der Waals surface area (Å²) in [6.07, 6.45) is 1.79. The number of carbonyl (C=O) groups excluding carboxylic acids is 3. The molecule has 1 aliphatic rings. The minimum Gasteiger partial charge on any atom is -0.464 e. The molecule has 0 bridgehead atoms. The quantitative estimate of drug-likeness (QED) is 0.559. The van der Waals surface area contributed by atoms with E-state index in [2.05, 4.69) is 10.3 Å². The van der Waals surface area contributed by atoms with E-state index in [1.54, 1.807) is 38.6 Å². The number of carbonyl (C=O) groups is 3. The van der Waals surface area contributed by atoms with Crippen LogP contribution in [0.2, 0.25) is 0 Å². The normalized spacial score (nSPS) is 27.1. The van der Waals surface area contributed by atoms with Crippen molar-refractivity contribution in [2.45, 2.75) is 52.9 Å². The first-order valence-electron chi connectivity index (χ1n) is 8.71. The second-order valence-corrected chi connectivity index (χ2v) is 6.79. The molecule has 1 aromatic heterocycles. The van der Waals surface area contributed by atoms with Gasteiger partial charge in [0.25, 0.3) is 0 Å². The van der Waals surface area contributed by atoms with Gasteiger partial charge in [0.1, 0.15) is 12.7 Å². The molecule has 2 heterocycles. The third-order valence-electron chi connectivity index (χ3n) is 4.21. The van der Waals surface area contributed by atoms with Gasteiger partial charge < -0.3 is 14.2 Å². The van der Waals surface area contributed by atoms with Crippen LogP contribution in [-0.4, -0.2) is 51.7 Å². The predicted octanol–water partition coefficient (Wildman–Crippen LogP) is 0.977. The first-order valence-corrected chi connectivity index (χ1v) is 8.71. The van der Waals surface area contributed by atoms with Crippen LogP contribution in [-0.2, 0) is 35.1 Å². The molecule has 0 aliphatic carbocycles. The molecule has 26 heavy (non-hydrogen) atoms. The fourth-order valence-electron chi connectivity index (χ4n) is 2.56. The summed E-state index contributed by atoms with van der Waals surface area (Å²) in [7, 11) is 0. The van der Waals surface area contributed by atoms with E-state index < -0.39 is 42.0 Å². The van der Waals surface area contributed by atoms with Gasteiger partial charge in [-0.05, 0) is 20.3 Å². The Bertz CT molecular complexity index is 630. The zero-order chi connectivity index (χ0) is 19.3. The summed E-state index contributed by atoms with van der Waals surface area (Å²) in [6.45, 7) is 6.93. The number of ether oxygens (including phenoxy) is 3. The summed E-state index contributed by atoms with van der Waals surface area (Å²) in [5.74, 6) is -3.23. The lowest BCUT2D eigenvalue weighted by Crippen LogP contribution is -2.43. The maximum Gasteiger partial charge on any atom is 0.312 e. The summed E-state index contributed by atoms with van der Waals surface area (Å²) < 4.78 is 17.8. The topological polar surface area (TPSA) is 110 Å². The van der Waals surface area contributed by atoms with E-state index >= 15 is 0 Å². The number of aromatic nitrogens is 3. The van der Waals surface area contributed by atoms with Crippen LogP contribution in [0, 0.1) is 17.8 Å². The van der Waals surface area contributed by atoms with Crippen molar-refractivity contribution in [2.75, 3.05) is 6.61 Å². The Labute approximate surface area is 152 Å². The zero-order valence-electron chi connectivity index (χ0n) is 15.5. The molecule has 1 aliphatic heterocycles. The third kappa shape index (κ3) is 5.03. The smallest absolute Gasteiger partial charge is 0.312 e. The van der Waals surface area contributed by atoms with Gasteiger partial charge in [-0.25, -0.2) is 0 Å². The van der Waals surface area contributed by atoms with Crippen LogP contribution < -0.4 is 0 Å². The van der Waals surface area contributed by atoms with Gasteiger partial charge in [0.05, 0.1) is 24.0 Å². The molecule has 4 atom stereocenters. The Morgan fingerprint density at radius 3 is 2.69 bits per heavy atom. The lowest BCUT2D eigenvalue weighted by molar-refractivity contribution is -0.177. The lowest BCUT2D eigenvalue weighted by Gasteiger charge is -2.29. The molecule has 0 unspecified atom stereocenters. The standard InChI is InChI=1S/C17H25N3O6/c1-10(2)15(21)26-14-12(4)25-16(22)11(3)9-24-17(23)13(14)5-7-20-8-6-18-19-20/h6,8,10-14H,5,7,9H2,1-4H3/t11-,12-,13+,14-/m0/s1. The molecule has 2 rings (SSSR count). The maximum absolute atomic E-state index is 12.6.